The molecule has 0 bridgehead atoms. The van der Waals surface area contributed by atoms with E-state index in [-0.39, 0.29) is 5.88 Å². The molecule has 0 unspecified atom stereocenters. The molecule has 0 aliphatic carbocycles. The molecule has 1 heterocycles. The van der Waals surface area contributed by atoms with Crippen LogP contribution in [-0.4, -0.2) is 11.6 Å². The van der Waals surface area contributed by atoms with E-state index in [1.807, 2.05) is 0 Å². The zero-order valence-electron chi connectivity index (χ0n) is 4.78. The summed E-state index contributed by atoms with van der Waals surface area (Å²) >= 11 is 0. The van der Waals surface area contributed by atoms with Crippen LogP contribution in [0.25, 0.3) is 0 Å². The van der Waals surface area contributed by atoms with Crippen molar-refractivity contribution >= 4 is 0 Å². The van der Waals surface area contributed by atoms with Gasteiger partial charge in [-0.15, -0.1) is 4.91 Å². The summed E-state index contributed by atoms with van der Waals surface area (Å²) in [7, 11) is 0. The molecule has 0 atom stereocenters. The second-order valence-corrected chi connectivity index (χ2v) is 1.53. The van der Waals surface area contributed by atoms with Crippen molar-refractivity contribution in [3.8, 4) is 0 Å². The predicted molar refractivity (Wildman–Crippen MR) is 31.9 cm³/mol. The number of nitrogens with zero attached hydrogens (tertiary/aromatic N) is 2. The number of ether oxygens (including phenoxy) is 1. The Bertz CT molecular complexity index is 164. The van der Waals surface area contributed by atoms with E-state index < -0.39 is 0 Å². The van der Waals surface area contributed by atoms with Gasteiger partial charge in [0.05, 0.1) is 6.20 Å². The van der Waals surface area contributed by atoms with Crippen LogP contribution in [0, 0.1) is 4.91 Å². The summed E-state index contributed by atoms with van der Waals surface area (Å²) in [6.45, 7) is 3.81. The van der Waals surface area contributed by atoms with E-state index in [1.165, 1.54) is 6.20 Å². The lowest BCUT2D eigenvalue weighted by Gasteiger charge is -2.02. The maximum Gasteiger partial charge on any atom is 0.273 e. The first-order valence-electron chi connectivity index (χ1n) is 2.43. The first kappa shape index (κ1) is 5.81. The third kappa shape index (κ3) is 1.07. The highest BCUT2D eigenvalue weighted by molar-refractivity contribution is 4.97. The minimum atomic E-state index is 0.106. The molecule has 0 fully saturated rings. The van der Waals surface area contributed by atoms with Gasteiger partial charge < -0.3 is 9.64 Å². The van der Waals surface area contributed by atoms with Gasteiger partial charge in [0.15, 0.2) is 6.73 Å². The van der Waals surface area contributed by atoms with Crippen LogP contribution in [0.5, 0.6) is 0 Å². The van der Waals surface area contributed by atoms with Gasteiger partial charge in [-0.25, -0.2) is 0 Å². The van der Waals surface area contributed by atoms with Crippen LogP contribution in [0.3, 0.4) is 0 Å². The zero-order chi connectivity index (χ0) is 6.69. The number of nitroso groups, excluding NO2 is 1. The van der Waals surface area contributed by atoms with E-state index in [0.717, 1.165) is 0 Å². The Morgan fingerprint density at radius 3 is 3.11 bits per heavy atom. The first-order valence-corrected chi connectivity index (χ1v) is 2.43. The van der Waals surface area contributed by atoms with E-state index in [2.05, 4.69) is 11.8 Å². The van der Waals surface area contributed by atoms with Crippen molar-refractivity contribution < 1.29 is 4.74 Å². The Balaban J connectivity index is 2.59. The van der Waals surface area contributed by atoms with E-state index in [9.17, 15) is 4.91 Å². The molecule has 0 aromatic heterocycles. The van der Waals surface area contributed by atoms with Crippen molar-refractivity contribution in [3.63, 3.8) is 0 Å². The minimum Gasteiger partial charge on any atom is -0.453 e. The third-order valence-corrected chi connectivity index (χ3v) is 0.962. The van der Waals surface area contributed by atoms with Crippen LogP contribution < -0.4 is 0 Å². The molecule has 0 saturated heterocycles. The molecular formula is C5H6N2O2. The van der Waals surface area contributed by atoms with Crippen LogP contribution in [0.15, 0.2) is 30.0 Å². The van der Waals surface area contributed by atoms with E-state index in [0.29, 0.717) is 6.73 Å². The quantitative estimate of drug-likeness (QED) is 0.518. The Morgan fingerprint density at radius 2 is 2.78 bits per heavy atom. The molecule has 1 aliphatic heterocycles. The number of rotatable bonds is 2. The van der Waals surface area contributed by atoms with Gasteiger partial charge in [-0.05, 0) is 6.20 Å². The van der Waals surface area contributed by atoms with Crippen LogP contribution in [-0.2, 0) is 4.74 Å². The molecule has 0 radical (unpaired) electrons. The van der Waals surface area contributed by atoms with Crippen molar-refractivity contribution in [3.05, 3.63) is 29.8 Å². The monoisotopic (exact) mass is 126 g/mol. The lowest BCUT2D eigenvalue weighted by atomic mass is 10.7. The topological polar surface area (TPSA) is 41.9 Å². The second kappa shape index (κ2) is 2.30. The predicted octanol–water partition coefficient (Wildman–Crippen LogP) is 0.985. The van der Waals surface area contributed by atoms with Gasteiger partial charge in [0.25, 0.3) is 5.88 Å². The van der Waals surface area contributed by atoms with Crippen LogP contribution in [0.1, 0.15) is 0 Å². The molecule has 0 N–H and O–H groups in total. The number of hydrogen-bond acceptors (Lipinski definition) is 4. The molecule has 0 aromatic carbocycles. The van der Waals surface area contributed by atoms with Crippen molar-refractivity contribution in [2.75, 3.05) is 6.73 Å². The molecule has 0 aromatic rings. The molecular weight excluding hydrogens is 120 g/mol. The fourth-order valence-corrected chi connectivity index (χ4v) is 0.512. The average molecular weight is 126 g/mol. The molecule has 0 amide bonds. The smallest absolute Gasteiger partial charge is 0.273 e. The van der Waals surface area contributed by atoms with E-state index in [1.54, 1.807) is 11.1 Å². The number of hydrogen-bond donors (Lipinski definition) is 0. The van der Waals surface area contributed by atoms with Gasteiger partial charge in [-0.1, -0.05) is 6.58 Å². The first-order chi connectivity index (χ1) is 4.36. The molecule has 48 valence electrons. The Labute approximate surface area is 52.4 Å². The van der Waals surface area contributed by atoms with Gasteiger partial charge in [0.1, 0.15) is 0 Å². The second-order valence-electron chi connectivity index (χ2n) is 1.53. The molecule has 4 heteroatoms. The van der Waals surface area contributed by atoms with Crippen LogP contribution in [0.4, 0.5) is 0 Å². The average Bonchev–Trinajstić information content (AvgIpc) is 2.34. The summed E-state index contributed by atoms with van der Waals surface area (Å²) in [5.74, 6) is 0.106. The van der Waals surface area contributed by atoms with Crippen LogP contribution >= 0.6 is 0 Å². The molecule has 1 rings (SSSR count). The molecule has 1 aliphatic rings. The molecule has 0 saturated carbocycles. The van der Waals surface area contributed by atoms with Crippen molar-refractivity contribution in [1.82, 2.24) is 4.90 Å². The Hall–Kier alpha value is -1.32. The van der Waals surface area contributed by atoms with Gasteiger partial charge in [-0.3, -0.25) is 0 Å². The van der Waals surface area contributed by atoms with Crippen molar-refractivity contribution in [2.45, 2.75) is 0 Å². The van der Waals surface area contributed by atoms with E-state index in [4.69, 9.17) is 4.74 Å². The Kier molecular flexibility index (Phi) is 1.48. The maximum absolute atomic E-state index is 9.76. The fraction of sp³-hybridized carbons (Fsp3) is 0.200. The standard InChI is InChI=1S/C5H6N2O2/c1-2-7-3-5(6-8)9-4-7/h2-3H,1,4H2. The summed E-state index contributed by atoms with van der Waals surface area (Å²) in [6, 6.07) is 0. The minimum absolute atomic E-state index is 0.106. The van der Waals surface area contributed by atoms with Gasteiger partial charge >= 0.3 is 0 Å². The maximum atomic E-state index is 9.76. The third-order valence-electron chi connectivity index (χ3n) is 0.962. The van der Waals surface area contributed by atoms with Crippen LogP contribution in [0.2, 0.25) is 0 Å². The van der Waals surface area contributed by atoms with E-state index >= 15 is 0 Å². The highest BCUT2D eigenvalue weighted by Gasteiger charge is 2.09. The Morgan fingerprint density at radius 1 is 2.00 bits per heavy atom. The van der Waals surface area contributed by atoms with Gasteiger partial charge in [0.2, 0.25) is 0 Å². The highest BCUT2D eigenvalue weighted by atomic mass is 16.5. The van der Waals surface area contributed by atoms with Crippen molar-refractivity contribution in [1.29, 1.82) is 0 Å². The largest absolute Gasteiger partial charge is 0.453 e. The fourth-order valence-electron chi connectivity index (χ4n) is 0.512. The summed E-state index contributed by atoms with van der Waals surface area (Å²) in [5.41, 5.74) is 0. The normalized spacial score (nSPS) is 16.4. The summed E-state index contributed by atoms with van der Waals surface area (Å²) in [4.78, 5) is 11.4. The van der Waals surface area contributed by atoms with Crippen molar-refractivity contribution in [2.24, 2.45) is 5.18 Å². The highest BCUT2D eigenvalue weighted by Crippen LogP contribution is 2.10. The molecule has 0 spiro atoms. The summed E-state index contributed by atoms with van der Waals surface area (Å²) < 4.78 is 4.74. The molecule has 9 heavy (non-hydrogen) atoms. The zero-order valence-corrected chi connectivity index (χ0v) is 4.78. The summed E-state index contributed by atoms with van der Waals surface area (Å²) in [5, 5.41) is 2.59. The summed E-state index contributed by atoms with van der Waals surface area (Å²) in [6.07, 6.45) is 3.04. The lowest BCUT2D eigenvalue weighted by molar-refractivity contribution is 0.178. The SMILES string of the molecule is C=CN1C=C(N=O)OC1. The lowest BCUT2D eigenvalue weighted by Crippen LogP contribution is -2.04. The van der Waals surface area contributed by atoms with Gasteiger partial charge in [-0.2, -0.15) is 0 Å². The van der Waals surface area contributed by atoms with Gasteiger partial charge in [0, 0.05) is 5.18 Å². The molecule has 4 nitrogen and oxygen atoms in total.